The lowest BCUT2D eigenvalue weighted by Crippen LogP contribution is -2.26. The Labute approximate surface area is 110 Å². The zero-order chi connectivity index (χ0) is 12.7. The van der Waals surface area contributed by atoms with Gasteiger partial charge in [-0.05, 0) is 37.7 Å². The topological polar surface area (TPSA) is 12.5 Å². The number of halogens is 1. The number of rotatable bonds is 7. The second-order valence-corrected chi connectivity index (χ2v) is 4.48. The average Bonchev–Trinajstić information content (AvgIpc) is 2.37. The zero-order valence-electron chi connectivity index (χ0n) is 10.9. The molecule has 0 saturated carbocycles. The van der Waals surface area contributed by atoms with E-state index >= 15 is 0 Å². The van der Waals surface area contributed by atoms with E-state index in [2.05, 4.69) is 18.7 Å². The molecule has 17 heavy (non-hydrogen) atoms. The molecule has 0 aliphatic rings. The minimum Gasteiger partial charge on any atom is -0.494 e. The molecule has 1 aromatic rings. The molecule has 96 valence electrons. The first-order valence-electron chi connectivity index (χ1n) is 6.30. The van der Waals surface area contributed by atoms with Gasteiger partial charge in [-0.25, -0.2) is 0 Å². The molecule has 0 aromatic heterocycles. The van der Waals surface area contributed by atoms with E-state index in [1.165, 1.54) is 0 Å². The molecule has 0 saturated heterocycles. The highest BCUT2D eigenvalue weighted by Gasteiger charge is 2.11. The summed E-state index contributed by atoms with van der Waals surface area (Å²) in [5.74, 6) is 0.906. The van der Waals surface area contributed by atoms with Crippen molar-refractivity contribution in [2.75, 3.05) is 26.2 Å². The van der Waals surface area contributed by atoms with Crippen LogP contribution in [0.1, 0.15) is 31.7 Å². The van der Waals surface area contributed by atoms with Crippen molar-refractivity contribution in [2.24, 2.45) is 0 Å². The smallest absolute Gasteiger partial charge is 0.119 e. The largest absolute Gasteiger partial charge is 0.494 e. The molecule has 1 aromatic carbocycles. The molecular weight excluding hydrogens is 234 g/mol. The Morgan fingerprint density at radius 1 is 1.12 bits per heavy atom. The van der Waals surface area contributed by atoms with Crippen molar-refractivity contribution in [2.45, 2.75) is 26.1 Å². The summed E-state index contributed by atoms with van der Waals surface area (Å²) in [5.41, 5.74) is 1.15. The first kappa shape index (κ1) is 14.3. The Balaban J connectivity index is 2.59. The molecule has 1 unspecified atom stereocenters. The van der Waals surface area contributed by atoms with E-state index in [0.717, 1.165) is 30.9 Å². The molecule has 0 fully saturated rings. The number of likely N-dealkylation sites (N-methyl/N-ethyl adjacent to an activating group) is 1. The van der Waals surface area contributed by atoms with Crippen LogP contribution in [0, 0.1) is 0 Å². The quantitative estimate of drug-likeness (QED) is 0.689. The highest BCUT2D eigenvalue weighted by Crippen LogP contribution is 2.23. The summed E-state index contributed by atoms with van der Waals surface area (Å²) in [6.45, 7) is 9.97. The summed E-state index contributed by atoms with van der Waals surface area (Å²) in [7, 11) is 0. The lowest BCUT2D eigenvalue weighted by atomic mass is 10.1. The van der Waals surface area contributed by atoms with Crippen molar-refractivity contribution in [1.82, 2.24) is 4.90 Å². The lowest BCUT2D eigenvalue weighted by Gasteiger charge is -2.21. The lowest BCUT2D eigenvalue weighted by molar-refractivity contribution is 0.304. The average molecular weight is 256 g/mol. The Hall–Kier alpha value is -0.730. The van der Waals surface area contributed by atoms with Gasteiger partial charge in [-0.3, -0.25) is 0 Å². The number of benzene rings is 1. The predicted octanol–water partition coefficient (Wildman–Crippen LogP) is 3.71. The van der Waals surface area contributed by atoms with Crippen LogP contribution in [0.15, 0.2) is 24.3 Å². The molecule has 0 aliphatic heterocycles. The molecule has 1 atom stereocenters. The van der Waals surface area contributed by atoms with Gasteiger partial charge in [0, 0.05) is 6.54 Å². The predicted molar refractivity (Wildman–Crippen MR) is 74.0 cm³/mol. The third-order valence-electron chi connectivity index (χ3n) is 2.87. The van der Waals surface area contributed by atoms with E-state index in [1.807, 2.05) is 31.2 Å². The van der Waals surface area contributed by atoms with E-state index in [-0.39, 0.29) is 5.38 Å². The van der Waals surface area contributed by atoms with Crippen molar-refractivity contribution in [1.29, 1.82) is 0 Å². The molecule has 1 rings (SSSR count). The summed E-state index contributed by atoms with van der Waals surface area (Å²) in [4.78, 5) is 2.33. The Bertz CT molecular complexity index is 309. The van der Waals surface area contributed by atoms with E-state index in [4.69, 9.17) is 16.3 Å². The third kappa shape index (κ3) is 4.57. The van der Waals surface area contributed by atoms with Crippen LogP contribution in [0.5, 0.6) is 5.75 Å². The maximum Gasteiger partial charge on any atom is 0.119 e. The van der Waals surface area contributed by atoms with Crippen molar-refractivity contribution in [3.8, 4) is 5.75 Å². The van der Waals surface area contributed by atoms with Gasteiger partial charge >= 0.3 is 0 Å². The van der Waals surface area contributed by atoms with Gasteiger partial charge < -0.3 is 9.64 Å². The Morgan fingerprint density at radius 3 is 2.18 bits per heavy atom. The fourth-order valence-electron chi connectivity index (χ4n) is 1.75. The SMILES string of the molecule is CCOc1ccc(C(Cl)CN(CC)CC)cc1. The van der Waals surface area contributed by atoms with Gasteiger partial charge in [0.2, 0.25) is 0 Å². The van der Waals surface area contributed by atoms with Crippen molar-refractivity contribution in [3.05, 3.63) is 29.8 Å². The van der Waals surface area contributed by atoms with E-state index in [1.54, 1.807) is 0 Å². The van der Waals surface area contributed by atoms with Gasteiger partial charge in [0.1, 0.15) is 5.75 Å². The van der Waals surface area contributed by atoms with Crippen LogP contribution in [0.4, 0.5) is 0 Å². The minimum absolute atomic E-state index is 0.0468. The highest BCUT2D eigenvalue weighted by molar-refractivity contribution is 6.21. The van der Waals surface area contributed by atoms with Crippen LogP contribution < -0.4 is 4.74 Å². The number of hydrogen-bond donors (Lipinski definition) is 0. The maximum atomic E-state index is 6.41. The molecule has 0 bridgehead atoms. The van der Waals surface area contributed by atoms with E-state index in [0.29, 0.717) is 6.61 Å². The fourth-order valence-corrected chi connectivity index (χ4v) is 2.09. The van der Waals surface area contributed by atoms with Crippen molar-refractivity contribution < 1.29 is 4.74 Å². The van der Waals surface area contributed by atoms with Crippen LogP contribution in [0.3, 0.4) is 0 Å². The fraction of sp³-hybridized carbons (Fsp3) is 0.571. The Morgan fingerprint density at radius 2 is 1.71 bits per heavy atom. The normalized spacial score (nSPS) is 12.8. The molecule has 0 spiro atoms. The molecule has 0 N–H and O–H groups in total. The van der Waals surface area contributed by atoms with Gasteiger partial charge in [0.05, 0.1) is 12.0 Å². The second-order valence-electron chi connectivity index (χ2n) is 3.96. The van der Waals surface area contributed by atoms with E-state index in [9.17, 15) is 0 Å². The van der Waals surface area contributed by atoms with Crippen LogP contribution in [0.2, 0.25) is 0 Å². The third-order valence-corrected chi connectivity index (χ3v) is 3.26. The summed E-state index contributed by atoms with van der Waals surface area (Å²) >= 11 is 6.41. The number of nitrogens with zero attached hydrogens (tertiary/aromatic N) is 1. The number of ether oxygens (including phenoxy) is 1. The van der Waals surface area contributed by atoms with Crippen LogP contribution in [0.25, 0.3) is 0 Å². The molecule has 0 radical (unpaired) electrons. The van der Waals surface area contributed by atoms with Crippen molar-refractivity contribution in [3.63, 3.8) is 0 Å². The molecule has 0 heterocycles. The molecule has 3 heteroatoms. The number of hydrogen-bond acceptors (Lipinski definition) is 2. The highest BCUT2D eigenvalue weighted by atomic mass is 35.5. The summed E-state index contributed by atoms with van der Waals surface area (Å²) in [5, 5.41) is 0.0468. The standard InChI is InChI=1S/C14H22ClNO/c1-4-16(5-2)11-14(15)12-7-9-13(10-8-12)17-6-3/h7-10,14H,4-6,11H2,1-3H3. The zero-order valence-corrected chi connectivity index (χ0v) is 11.7. The molecule has 0 amide bonds. The number of alkyl halides is 1. The van der Waals surface area contributed by atoms with Gasteiger partial charge in [-0.1, -0.05) is 26.0 Å². The van der Waals surface area contributed by atoms with Gasteiger partial charge in [-0.15, -0.1) is 11.6 Å². The second kappa shape index (κ2) is 7.57. The van der Waals surface area contributed by atoms with Gasteiger partial charge in [-0.2, -0.15) is 0 Å². The van der Waals surface area contributed by atoms with E-state index < -0.39 is 0 Å². The van der Waals surface area contributed by atoms with Crippen molar-refractivity contribution >= 4 is 11.6 Å². The molecule has 0 aliphatic carbocycles. The molecule has 2 nitrogen and oxygen atoms in total. The molecular formula is C14H22ClNO. The van der Waals surface area contributed by atoms with Gasteiger partial charge in [0.15, 0.2) is 0 Å². The summed E-state index contributed by atoms with van der Waals surface area (Å²) < 4.78 is 5.41. The maximum absolute atomic E-state index is 6.41. The van der Waals surface area contributed by atoms with Crippen LogP contribution >= 0.6 is 11.6 Å². The first-order chi connectivity index (χ1) is 8.21. The summed E-state index contributed by atoms with van der Waals surface area (Å²) in [6.07, 6.45) is 0. The first-order valence-corrected chi connectivity index (χ1v) is 6.74. The summed E-state index contributed by atoms with van der Waals surface area (Å²) in [6, 6.07) is 8.06. The Kier molecular flexibility index (Phi) is 6.38. The minimum atomic E-state index is 0.0468. The van der Waals surface area contributed by atoms with Gasteiger partial charge in [0.25, 0.3) is 0 Å². The van der Waals surface area contributed by atoms with Crippen LogP contribution in [-0.2, 0) is 0 Å². The van der Waals surface area contributed by atoms with Crippen LogP contribution in [-0.4, -0.2) is 31.1 Å². The monoisotopic (exact) mass is 255 g/mol.